The van der Waals surface area contributed by atoms with Crippen molar-refractivity contribution in [2.24, 2.45) is 11.7 Å². The molecule has 2 atom stereocenters. The summed E-state index contributed by atoms with van der Waals surface area (Å²) in [5, 5.41) is 18.0. The second kappa shape index (κ2) is 5.50. The van der Waals surface area contributed by atoms with Crippen molar-refractivity contribution in [1.82, 2.24) is 0 Å². The molecule has 4 heteroatoms. The van der Waals surface area contributed by atoms with E-state index >= 15 is 0 Å². The number of hydrogen-bond donors (Lipinski definition) is 3. The summed E-state index contributed by atoms with van der Waals surface area (Å²) in [5.74, 6) is -1.19. The fourth-order valence-corrected chi connectivity index (χ4v) is 1.51. The van der Waals surface area contributed by atoms with Crippen molar-refractivity contribution in [1.29, 1.82) is 0 Å². The molecule has 1 aromatic rings. The molecule has 0 saturated heterocycles. The lowest BCUT2D eigenvalue weighted by molar-refractivity contribution is -0.141. The molecule has 1 aromatic carbocycles. The lowest BCUT2D eigenvalue weighted by atomic mass is 9.93. The second-order valence-electron chi connectivity index (χ2n) is 4.15. The lowest BCUT2D eigenvalue weighted by Crippen LogP contribution is -2.26. The lowest BCUT2D eigenvalue weighted by Gasteiger charge is -2.17. The smallest absolute Gasteiger partial charge is 0.306 e. The minimum Gasteiger partial charge on any atom is -0.508 e. The Morgan fingerprint density at radius 3 is 2.41 bits per heavy atom. The normalized spacial score (nSPS) is 14.0. The molecule has 17 heavy (non-hydrogen) atoms. The number of carboxylic acid groups (broad SMARTS) is 1. The van der Waals surface area contributed by atoms with Crippen LogP contribution in [0.2, 0.25) is 0 Å². The van der Waals surface area contributed by atoms with Crippen molar-refractivity contribution in [2.45, 2.75) is 19.4 Å². The van der Waals surface area contributed by atoms with Gasteiger partial charge in [-0.1, -0.05) is 25.6 Å². The number of aliphatic carboxylic acids is 1. The molecule has 0 aliphatic carbocycles. The van der Waals surface area contributed by atoms with E-state index in [2.05, 4.69) is 6.58 Å². The minimum absolute atomic E-state index is 0.175. The summed E-state index contributed by atoms with van der Waals surface area (Å²) in [6.45, 7) is 5.48. The zero-order chi connectivity index (χ0) is 13.0. The Labute approximate surface area is 100 Å². The van der Waals surface area contributed by atoms with Gasteiger partial charge >= 0.3 is 5.97 Å². The first-order chi connectivity index (χ1) is 7.91. The van der Waals surface area contributed by atoms with E-state index in [9.17, 15) is 4.79 Å². The van der Waals surface area contributed by atoms with Crippen LogP contribution in [0.1, 0.15) is 18.9 Å². The van der Waals surface area contributed by atoms with Crippen molar-refractivity contribution >= 4 is 11.5 Å². The number of phenols is 1. The van der Waals surface area contributed by atoms with E-state index in [1.54, 1.807) is 31.2 Å². The molecule has 1 rings (SSSR count). The van der Waals surface area contributed by atoms with E-state index in [1.807, 2.05) is 0 Å². The molecule has 4 nitrogen and oxygen atoms in total. The van der Waals surface area contributed by atoms with Gasteiger partial charge in [-0.3, -0.25) is 4.79 Å². The molecule has 0 unspecified atom stereocenters. The molecule has 0 aliphatic rings. The number of hydrogen-bond acceptors (Lipinski definition) is 3. The number of carboxylic acids is 1. The number of nitrogens with two attached hydrogens (primary N) is 1. The first-order valence-corrected chi connectivity index (χ1v) is 5.38. The highest BCUT2D eigenvalue weighted by atomic mass is 16.4. The van der Waals surface area contributed by atoms with Crippen LogP contribution in [0.3, 0.4) is 0 Å². The van der Waals surface area contributed by atoms with Gasteiger partial charge < -0.3 is 15.9 Å². The molecular formula is C13H17NO3. The van der Waals surface area contributed by atoms with Gasteiger partial charge in [0.1, 0.15) is 5.75 Å². The Hall–Kier alpha value is -1.81. The van der Waals surface area contributed by atoms with Gasteiger partial charge in [0, 0.05) is 6.04 Å². The topological polar surface area (TPSA) is 83.5 Å². The van der Waals surface area contributed by atoms with Crippen molar-refractivity contribution in [3.05, 3.63) is 36.4 Å². The van der Waals surface area contributed by atoms with Crippen LogP contribution in [-0.4, -0.2) is 22.2 Å². The molecule has 0 fully saturated rings. The van der Waals surface area contributed by atoms with Crippen LogP contribution >= 0.6 is 0 Å². The summed E-state index contributed by atoms with van der Waals surface area (Å²) in [7, 11) is 0. The number of phenolic OH excluding ortho intramolecular Hbond substituents is 1. The molecule has 4 N–H and O–H groups in total. The van der Waals surface area contributed by atoms with Gasteiger partial charge in [-0.15, -0.1) is 0 Å². The largest absolute Gasteiger partial charge is 0.508 e. The zero-order valence-corrected chi connectivity index (χ0v) is 9.76. The number of benzene rings is 1. The molecule has 92 valence electrons. The highest BCUT2D eigenvalue weighted by Crippen LogP contribution is 2.21. The Morgan fingerprint density at radius 1 is 1.41 bits per heavy atom. The highest BCUT2D eigenvalue weighted by Gasteiger charge is 2.18. The monoisotopic (exact) mass is 235 g/mol. The van der Waals surface area contributed by atoms with Crippen LogP contribution in [0.4, 0.5) is 0 Å². The van der Waals surface area contributed by atoms with Crippen molar-refractivity contribution in [2.75, 3.05) is 0 Å². The van der Waals surface area contributed by atoms with Crippen LogP contribution in [0.15, 0.2) is 30.8 Å². The Kier molecular flexibility index (Phi) is 4.29. The summed E-state index contributed by atoms with van der Waals surface area (Å²) in [4.78, 5) is 10.7. The maximum atomic E-state index is 10.7. The van der Waals surface area contributed by atoms with Gasteiger partial charge in [0.25, 0.3) is 0 Å². The highest BCUT2D eigenvalue weighted by molar-refractivity contribution is 5.72. The molecule has 0 bridgehead atoms. The summed E-state index contributed by atoms with van der Waals surface area (Å²) in [6.07, 6.45) is 0.342. The van der Waals surface area contributed by atoms with Crippen molar-refractivity contribution < 1.29 is 15.0 Å². The third-order valence-electron chi connectivity index (χ3n) is 2.71. The molecular weight excluding hydrogens is 218 g/mol. The Morgan fingerprint density at radius 2 is 1.94 bits per heavy atom. The number of rotatable bonds is 5. The SMILES string of the molecule is C=C(c1ccc(O)cc1)[C@H](N)C[C@H](C)C(=O)O. The molecule has 0 aliphatic heterocycles. The Balaban J connectivity index is 2.70. The molecule has 0 spiro atoms. The maximum Gasteiger partial charge on any atom is 0.306 e. The standard InChI is InChI=1S/C13H17NO3/c1-8(13(16)17)7-12(14)9(2)10-3-5-11(15)6-4-10/h3-6,8,12,15H,2,7,14H2,1H3,(H,16,17)/t8-,12+/m0/s1. The van der Waals surface area contributed by atoms with Crippen LogP contribution in [0.25, 0.3) is 5.57 Å². The third kappa shape index (κ3) is 3.60. The summed E-state index contributed by atoms with van der Waals surface area (Å²) in [6, 6.07) is 6.12. The van der Waals surface area contributed by atoms with Gasteiger partial charge in [0.05, 0.1) is 5.92 Å². The van der Waals surface area contributed by atoms with Gasteiger partial charge in [-0.2, -0.15) is 0 Å². The summed E-state index contributed by atoms with van der Waals surface area (Å²) >= 11 is 0. The van der Waals surface area contributed by atoms with E-state index in [-0.39, 0.29) is 5.75 Å². The number of aromatic hydroxyl groups is 1. The van der Waals surface area contributed by atoms with Crippen LogP contribution < -0.4 is 5.73 Å². The van der Waals surface area contributed by atoms with Gasteiger partial charge in [0.15, 0.2) is 0 Å². The zero-order valence-electron chi connectivity index (χ0n) is 9.76. The van der Waals surface area contributed by atoms with E-state index in [4.69, 9.17) is 15.9 Å². The van der Waals surface area contributed by atoms with Gasteiger partial charge in [-0.25, -0.2) is 0 Å². The molecule has 0 heterocycles. The molecule has 0 amide bonds. The van der Waals surface area contributed by atoms with E-state index in [0.717, 1.165) is 5.56 Å². The van der Waals surface area contributed by atoms with Crippen molar-refractivity contribution in [3.63, 3.8) is 0 Å². The second-order valence-corrected chi connectivity index (χ2v) is 4.15. The molecule has 0 saturated carbocycles. The number of carbonyl (C=O) groups is 1. The Bertz CT molecular complexity index is 411. The summed E-state index contributed by atoms with van der Waals surface area (Å²) < 4.78 is 0. The van der Waals surface area contributed by atoms with Crippen molar-refractivity contribution in [3.8, 4) is 5.75 Å². The first kappa shape index (κ1) is 13.3. The summed E-state index contributed by atoms with van der Waals surface area (Å²) in [5.41, 5.74) is 7.39. The fourth-order valence-electron chi connectivity index (χ4n) is 1.51. The average Bonchev–Trinajstić information content (AvgIpc) is 2.28. The third-order valence-corrected chi connectivity index (χ3v) is 2.71. The van der Waals surface area contributed by atoms with E-state index in [0.29, 0.717) is 12.0 Å². The van der Waals surface area contributed by atoms with E-state index in [1.165, 1.54) is 0 Å². The molecule has 0 radical (unpaired) electrons. The predicted molar refractivity (Wildman–Crippen MR) is 66.5 cm³/mol. The van der Waals surface area contributed by atoms with Gasteiger partial charge in [0.2, 0.25) is 0 Å². The molecule has 0 aromatic heterocycles. The maximum absolute atomic E-state index is 10.7. The van der Waals surface area contributed by atoms with Crippen LogP contribution in [0.5, 0.6) is 5.75 Å². The van der Waals surface area contributed by atoms with Gasteiger partial charge in [-0.05, 0) is 29.7 Å². The first-order valence-electron chi connectivity index (χ1n) is 5.38. The average molecular weight is 235 g/mol. The van der Waals surface area contributed by atoms with E-state index < -0.39 is 17.9 Å². The van der Waals surface area contributed by atoms with Crippen LogP contribution in [-0.2, 0) is 4.79 Å². The predicted octanol–water partition coefficient (Wildman–Crippen LogP) is 1.84. The fraction of sp³-hybridized carbons (Fsp3) is 0.308. The quantitative estimate of drug-likeness (QED) is 0.727. The minimum atomic E-state index is -0.862. The van der Waals surface area contributed by atoms with Crippen LogP contribution in [0, 0.1) is 5.92 Å².